The number of benzene rings is 2. The summed E-state index contributed by atoms with van der Waals surface area (Å²) in [7, 11) is -0.847. The Morgan fingerprint density at radius 1 is 0.643 bits per heavy atom. The van der Waals surface area contributed by atoms with Crippen LogP contribution in [0.15, 0.2) is 36.4 Å². The zero-order chi connectivity index (χ0) is 20.4. The van der Waals surface area contributed by atoms with Crippen LogP contribution in [0, 0.1) is 0 Å². The average Bonchev–Trinajstić information content (AvgIpc) is 3.08. The van der Waals surface area contributed by atoms with Crippen molar-refractivity contribution in [2.45, 2.75) is 77.4 Å². The van der Waals surface area contributed by atoms with E-state index in [1.807, 2.05) is 0 Å². The molecular formula is C24H32O2P2. The first kappa shape index (κ1) is 20.2. The van der Waals surface area contributed by atoms with E-state index in [2.05, 4.69) is 91.8 Å². The van der Waals surface area contributed by atoms with Gasteiger partial charge in [-0.25, -0.2) is 0 Å². The Labute approximate surface area is 172 Å². The molecule has 2 aliphatic rings. The van der Waals surface area contributed by atoms with E-state index in [9.17, 15) is 0 Å². The minimum atomic E-state index is -0.424. The molecule has 0 spiro atoms. The molecule has 0 unspecified atom stereocenters. The largest absolute Gasteiger partial charge is 0.485 e. The maximum atomic E-state index is 6.35. The van der Waals surface area contributed by atoms with Gasteiger partial charge in [0.1, 0.15) is 23.2 Å². The molecule has 150 valence electrons. The SMILES string of the molecule is C[C@H]1Oc2cccc(-c3cccc4c3[P@](C(C)(C)C)[C@@H](C)O4)c2[P@@]1C(C)(C)C. The highest BCUT2D eigenvalue weighted by atomic mass is 31.1. The van der Waals surface area contributed by atoms with Crippen LogP contribution < -0.4 is 20.1 Å². The lowest BCUT2D eigenvalue weighted by atomic mass is 10.0. The molecule has 0 N–H and O–H groups in total. The molecule has 0 fully saturated rings. The van der Waals surface area contributed by atoms with Crippen LogP contribution >= 0.6 is 15.8 Å². The Morgan fingerprint density at radius 3 is 1.32 bits per heavy atom. The second-order valence-corrected chi connectivity index (χ2v) is 16.3. The van der Waals surface area contributed by atoms with Gasteiger partial charge < -0.3 is 9.47 Å². The number of ether oxygens (including phenoxy) is 2. The fourth-order valence-electron chi connectivity index (χ4n) is 4.76. The third-order valence-corrected chi connectivity index (χ3v) is 12.0. The molecule has 28 heavy (non-hydrogen) atoms. The Kier molecular flexibility index (Phi) is 4.84. The minimum absolute atomic E-state index is 0.201. The highest BCUT2D eigenvalue weighted by Gasteiger charge is 2.44. The summed E-state index contributed by atoms with van der Waals surface area (Å²) >= 11 is 0. The molecule has 0 saturated heterocycles. The molecule has 0 bridgehead atoms. The zero-order valence-corrected chi connectivity index (χ0v) is 20.1. The van der Waals surface area contributed by atoms with Crippen LogP contribution in [0.1, 0.15) is 55.4 Å². The second kappa shape index (κ2) is 6.72. The van der Waals surface area contributed by atoms with Crippen LogP contribution in [0.25, 0.3) is 11.1 Å². The average molecular weight is 414 g/mol. The van der Waals surface area contributed by atoms with Crippen molar-refractivity contribution >= 4 is 26.5 Å². The van der Waals surface area contributed by atoms with Gasteiger partial charge in [0.05, 0.1) is 0 Å². The summed E-state index contributed by atoms with van der Waals surface area (Å²) in [6.45, 7) is 18.6. The first-order valence-corrected chi connectivity index (χ1v) is 13.0. The molecule has 0 aliphatic carbocycles. The number of fused-ring (bicyclic) bond motifs is 2. The second-order valence-electron chi connectivity index (χ2n) is 9.82. The van der Waals surface area contributed by atoms with Crippen LogP contribution in [-0.2, 0) is 0 Å². The maximum absolute atomic E-state index is 6.35. The van der Waals surface area contributed by atoms with Crippen molar-refractivity contribution in [2.24, 2.45) is 0 Å². The van der Waals surface area contributed by atoms with Gasteiger partial charge in [0, 0.05) is 10.6 Å². The molecular weight excluding hydrogens is 382 g/mol. The first-order chi connectivity index (χ1) is 13.0. The molecule has 4 heteroatoms. The van der Waals surface area contributed by atoms with Gasteiger partial charge in [0.15, 0.2) is 0 Å². The minimum Gasteiger partial charge on any atom is -0.485 e. The lowest BCUT2D eigenvalue weighted by molar-refractivity contribution is 0.312. The molecule has 0 saturated carbocycles. The molecule has 0 amide bonds. The number of rotatable bonds is 1. The highest BCUT2D eigenvalue weighted by molar-refractivity contribution is 7.69. The number of hydrogen-bond donors (Lipinski definition) is 0. The summed E-state index contributed by atoms with van der Waals surface area (Å²) in [4.78, 5) is 0. The fraction of sp³-hybridized carbons (Fsp3) is 0.500. The quantitative estimate of drug-likeness (QED) is 0.487. The lowest BCUT2D eigenvalue weighted by Gasteiger charge is -2.33. The molecule has 2 aromatic carbocycles. The number of hydrogen-bond acceptors (Lipinski definition) is 2. The van der Waals surface area contributed by atoms with Gasteiger partial charge >= 0.3 is 0 Å². The van der Waals surface area contributed by atoms with Gasteiger partial charge in [0.25, 0.3) is 0 Å². The fourth-order valence-corrected chi connectivity index (χ4v) is 11.1. The third kappa shape index (κ3) is 3.18. The van der Waals surface area contributed by atoms with Crippen LogP contribution in [0.2, 0.25) is 0 Å². The van der Waals surface area contributed by atoms with E-state index >= 15 is 0 Å². The van der Waals surface area contributed by atoms with Crippen LogP contribution in [-0.4, -0.2) is 22.0 Å². The van der Waals surface area contributed by atoms with Crippen molar-refractivity contribution in [1.29, 1.82) is 0 Å². The van der Waals surface area contributed by atoms with Gasteiger partial charge in [-0.15, -0.1) is 0 Å². The van der Waals surface area contributed by atoms with Crippen LogP contribution in [0.5, 0.6) is 11.5 Å². The van der Waals surface area contributed by atoms with Crippen molar-refractivity contribution in [3.05, 3.63) is 36.4 Å². The normalized spacial score (nSPS) is 26.4. The molecule has 2 heterocycles. The molecule has 0 aromatic heterocycles. The Bertz CT molecular complexity index is 832. The summed E-state index contributed by atoms with van der Waals surface area (Å²) in [5, 5.41) is 3.28. The molecule has 2 aliphatic heterocycles. The zero-order valence-electron chi connectivity index (χ0n) is 18.3. The van der Waals surface area contributed by atoms with E-state index in [0.29, 0.717) is 0 Å². The topological polar surface area (TPSA) is 18.5 Å². The van der Waals surface area contributed by atoms with Gasteiger partial charge in [0.2, 0.25) is 0 Å². The Hall–Kier alpha value is -1.10. The van der Waals surface area contributed by atoms with E-state index < -0.39 is 15.8 Å². The monoisotopic (exact) mass is 414 g/mol. The van der Waals surface area contributed by atoms with Crippen molar-refractivity contribution < 1.29 is 9.47 Å². The van der Waals surface area contributed by atoms with Gasteiger partial charge in [-0.1, -0.05) is 65.8 Å². The lowest BCUT2D eigenvalue weighted by Crippen LogP contribution is -2.25. The smallest absolute Gasteiger partial charge is 0.128 e. The van der Waals surface area contributed by atoms with Gasteiger partial charge in [-0.2, -0.15) is 0 Å². The van der Waals surface area contributed by atoms with Gasteiger partial charge in [-0.3, -0.25) is 0 Å². The van der Waals surface area contributed by atoms with Crippen molar-refractivity contribution in [1.82, 2.24) is 0 Å². The van der Waals surface area contributed by atoms with E-state index in [-0.39, 0.29) is 22.0 Å². The summed E-state index contributed by atoms with van der Waals surface area (Å²) in [6, 6.07) is 13.2. The molecule has 2 nitrogen and oxygen atoms in total. The molecule has 2 aromatic rings. The first-order valence-electron chi connectivity index (χ1n) is 10.2. The van der Waals surface area contributed by atoms with Crippen molar-refractivity contribution in [3.63, 3.8) is 0 Å². The van der Waals surface area contributed by atoms with E-state index in [0.717, 1.165) is 11.5 Å². The van der Waals surface area contributed by atoms with E-state index in [1.165, 1.54) is 21.7 Å². The van der Waals surface area contributed by atoms with E-state index in [4.69, 9.17) is 9.47 Å². The van der Waals surface area contributed by atoms with Crippen LogP contribution in [0.3, 0.4) is 0 Å². The van der Waals surface area contributed by atoms with Crippen molar-refractivity contribution in [3.8, 4) is 22.6 Å². The predicted octanol–water partition coefficient (Wildman–Crippen LogP) is 6.64. The standard InChI is InChI=1S/C24H32O2P2/c1-15-25-19-13-9-11-17(21(19)27(15)23(3,4)5)18-12-10-14-20-22(18)28(16(2)26-20)24(6,7)8/h9-16H,1-8H3/t15-,16-,27-,28+/m0/s1. The predicted molar refractivity (Wildman–Crippen MR) is 125 cm³/mol. The molecule has 4 rings (SSSR count). The molecule has 0 radical (unpaired) electrons. The summed E-state index contributed by atoms with van der Waals surface area (Å²) in [6.07, 6.45) is 0. The van der Waals surface area contributed by atoms with Crippen molar-refractivity contribution in [2.75, 3.05) is 0 Å². The maximum Gasteiger partial charge on any atom is 0.128 e. The summed E-state index contributed by atoms with van der Waals surface area (Å²) < 4.78 is 12.7. The van der Waals surface area contributed by atoms with Gasteiger partial charge in [-0.05, 0) is 63.3 Å². The van der Waals surface area contributed by atoms with E-state index in [1.54, 1.807) is 0 Å². The highest BCUT2D eigenvalue weighted by Crippen LogP contribution is 2.62. The third-order valence-electron chi connectivity index (χ3n) is 5.54. The van der Waals surface area contributed by atoms with Crippen LogP contribution in [0.4, 0.5) is 0 Å². The molecule has 4 atom stereocenters. The Morgan fingerprint density at radius 2 is 1.00 bits per heavy atom. The summed E-state index contributed by atoms with van der Waals surface area (Å²) in [5.41, 5.74) is 2.71. The Balaban J connectivity index is 1.96. The summed E-state index contributed by atoms with van der Waals surface area (Å²) in [5.74, 6) is 2.66.